The molecule has 2 rings (SSSR count). The number of carbonyl (C=O) groups excluding carboxylic acids is 2. The lowest BCUT2D eigenvalue weighted by Gasteiger charge is -2.19. The third kappa shape index (κ3) is 3.29. The van der Waals surface area contributed by atoms with Gasteiger partial charge in [0, 0.05) is 24.1 Å². The van der Waals surface area contributed by atoms with E-state index in [9.17, 15) is 18.4 Å². The van der Waals surface area contributed by atoms with Gasteiger partial charge in [-0.3, -0.25) is 9.59 Å². The fraction of sp³-hybridized carbons (Fsp3) is 0.467. The quantitative estimate of drug-likeness (QED) is 0.604. The van der Waals surface area contributed by atoms with Crippen molar-refractivity contribution in [2.45, 2.75) is 25.4 Å². The molecule has 1 aromatic carbocycles. The fourth-order valence-electron chi connectivity index (χ4n) is 2.30. The highest BCUT2D eigenvalue weighted by molar-refractivity contribution is 6.32. The Bertz CT molecular complexity index is 609. The molecule has 2 atom stereocenters. The predicted molar refractivity (Wildman–Crippen MR) is 77.6 cm³/mol. The first-order valence-corrected chi connectivity index (χ1v) is 6.99. The van der Waals surface area contributed by atoms with Crippen molar-refractivity contribution >= 4 is 25.2 Å². The van der Waals surface area contributed by atoms with Gasteiger partial charge in [-0.1, -0.05) is 11.5 Å². The molecule has 0 N–H and O–H groups in total. The molecular formula is C15H16BF2NO3. The summed E-state index contributed by atoms with van der Waals surface area (Å²) in [5.41, 5.74) is -0.101. The Morgan fingerprint density at radius 2 is 2.09 bits per heavy atom. The minimum atomic E-state index is -1.17. The maximum absolute atomic E-state index is 14.2. The van der Waals surface area contributed by atoms with Gasteiger partial charge >= 0.3 is 5.97 Å². The molecule has 1 amide bonds. The van der Waals surface area contributed by atoms with Crippen molar-refractivity contribution < 1.29 is 23.1 Å². The smallest absolute Gasteiger partial charge is 0.325 e. The molecule has 0 unspecified atom stereocenters. The maximum Gasteiger partial charge on any atom is 0.325 e. The van der Waals surface area contributed by atoms with Crippen LogP contribution < -0.4 is 5.46 Å². The predicted octanol–water partition coefficient (Wildman–Crippen LogP) is 1.08. The van der Waals surface area contributed by atoms with E-state index in [4.69, 9.17) is 12.6 Å². The SMILES string of the molecule is [B]c1ccc(C(=O)N(C)CC(=O)OCC)c([C@@H]2C[C@H]2F)c1F. The van der Waals surface area contributed by atoms with Crippen LogP contribution in [-0.4, -0.2) is 51.0 Å². The Hall–Kier alpha value is -1.92. The molecule has 7 heteroatoms. The highest BCUT2D eigenvalue weighted by Crippen LogP contribution is 2.45. The van der Waals surface area contributed by atoms with E-state index in [-0.39, 0.29) is 36.2 Å². The van der Waals surface area contributed by atoms with E-state index in [2.05, 4.69) is 0 Å². The minimum Gasteiger partial charge on any atom is -0.465 e. The van der Waals surface area contributed by atoms with Crippen LogP contribution >= 0.6 is 0 Å². The van der Waals surface area contributed by atoms with E-state index < -0.39 is 29.8 Å². The summed E-state index contributed by atoms with van der Waals surface area (Å²) >= 11 is 0. The lowest BCUT2D eigenvalue weighted by molar-refractivity contribution is -0.143. The molecule has 0 bridgehead atoms. The van der Waals surface area contributed by atoms with E-state index in [1.165, 1.54) is 19.2 Å². The number of rotatable bonds is 5. The van der Waals surface area contributed by atoms with Gasteiger partial charge in [0.15, 0.2) is 0 Å². The van der Waals surface area contributed by atoms with Crippen LogP contribution in [0, 0.1) is 5.82 Å². The van der Waals surface area contributed by atoms with Crippen molar-refractivity contribution in [3.63, 3.8) is 0 Å². The van der Waals surface area contributed by atoms with Crippen LogP contribution in [0.1, 0.15) is 35.2 Å². The lowest BCUT2D eigenvalue weighted by atomic mass is 9.89. The number of likely N-dealkylation sites (N-methyl/N-ethyl adjacent to an activating group) is 1. The molecular weight excluding hydrogens is 291 g/mol. The maximum atomic E-state index is 14.2. The highest BCUT2D eigenvalue weighted by atomic mass is 19.1. The summed E-state index contributed by atoms with van der Waals surface area (Å²) in [6.45, 7) is 1.59. The second kappa shape index (κ2) is 6.46. The highest BCUT2D eigenvalue weighted by Gasteiger charge is 2.43. The zero-order valence-corrected chi connectivity index (χ0v) is 12.4. The van der Waals surface area contributed by atoms with Crippen LogP contribution in [0.2, 0.25) is 0 Å². The topological polar surface area (TPSA) is 46.6 Å². The van der Waals surface area contributed by atoms with Crippen molar-refractivity contribution in [1.82, 2.24) is 4.90 Å². The van der Waals surface area contributed by atoms with Gasteiger partial charge in [-0.2, -0.15) is 0 Å². The molecule has 116 valence electrons. The second-order valence-corrected chi connectivity index (χ2v) is 5.25. The molecule has 0 heterocycles. The summed E-state index contributed by atoms with van der Waals surface area (Å²) < 4.78 is 32.3. The third-order valence-electron chi connectivity index (χ3n) is 3.54. The summed E-state index contributed by atoms with van der Waals surface area (Å²) in [5.74, 6) is -2.55. The summed E-state index contributed by atoms with van der Waals surface area (Å²) in [4.78, 5) is 24.9. The van der Waals surface area contributed by atoms with Gasteiger partial charge in [-0.15, -0.1) is 0 Å². The average molecular weight is 307 g/mol. The Morgan fingerprint density at radius 3 is 2.64 bits per heavy atom. The minimum absolute atomic E-state index is 0.00629. The van der Waals surface area contributed by atoms with Crippen LogP contribution in [0.15, 0.2) is 12.1 Å². The number of hydrogen-bond acceptors (Lipinski definition) is 3. The summed E-state index contributed by atoms with van der Waals surface area (Å²) in [6, 6.07) is 2.63. The molecule has 1 aliphatic rings. The number of amides is 1. The number of alkyl halides is 1. The van der Waals surface area contributed by atoms with Crippen LogP contribution in [0.25, 0.3) is 0 Å². The number of ether oxygens (including phenoxy) is 1. The zero-order valence-electron chi connectivity index (χ0n) is 12.4. The standard InChI is InChI=1S/C15H16BF2NO3/c1-3-22-12(20)7-19(2)15(21)8-4-5-10(16)14(18)13(8)9-6-11(9)17/h4-5,9,11H,3,6-7H2,1-2H3/t9-,11-/m1/s1. The average Bonchev–Trinajstić information content (AvgIpc) is 3.17. The van der Waals surface area contributed by atoms with Gasteiger partial charge in [0.1, 0.15) is 26.4 Å². The van der Waals surface area contributed by atoms with Crippen LogP contribution in [0.5, 0.6) is 0 Å². The van der Waals surface area contributed by atoms with Gasteiger partial charge in [0.25, 0.3) is 5.91 Å². The van der Waals surface area contributed by atoms with E-state index >= 15 is 0 Å². The number of hydrogen-bond donors (Lipinski definition) is 0. The van der Waals surface area contributed by atoms with Gasteiger partial charge in [-0.25, -0.2) is 8.78 Å². The van der Waals surface area contributed by atoms with Crippen molar-refractivity contribution in [2.24, 2.45) is 0 Å². The Labute approximate surface area is 128 Å². The van der Waals surface area contributed by atoms with Gasteiger partial charge in [0.05, 0.1) is 6.61 Å². The number of halogens is 2. The van der Waals surface area contributed by atoms with Crippen LogP contribution in [0.3, 0.4) is 0 Å². The number of nitrogens with zero attached hydrogens (tertiary/aromatic N) is 1. The molecule has 0 aromatic heterocycles. The monoisotopic (exact) mass is 307 g/mol. The summed E-state index contributed by atoms with van der Waals surface area (Å²) in [6.07, 6.45) is -0.999. The number of esters is 1. The first-order chi connectivity index (χ1) is 10.4. The van der Waals surface area contributed by atoms with E-state index in [1.807, 2.05) is 0 Å². The van der Waals surface area contributed by atoms with Crippen LogP contribution in [0.4, 0.5) is 8.78 Å². The first kappa shape index (κ1) is 16.5. The zero-order chi connectivity index (χ0) is 16.4. The number of benzene rings is 1. The molecule has 0 saturated heterocycles. The number of carbonyl (C=O) groups is 2. The van der Waals surface area contributed by atoms with Crippen molar-refractivity contribution in [3.05, 3.63) is 29.1 Å². The second-order valence-electron chi connectivity index (χ2n) is 5.25. The van der Waals surface area contributed by atoms with Crippen molar-refractivity contribution in [2.75, 3.05) is 20.2 Å². The molecule has 1 aliphatic carbocycles. The van der Waals surface area contributed by atoms with E-state index in [1.54, 1.807) is 6.92 Å². The Morgan fingerprint density at radius 1 is 1.45 bits per heavy atom. The lowest BCUT2D eigenvalue weighted by Crippen LogP contribution is -2.34. The first-order valence-electron chi connectivity index (χ1n) is 6.99. The van der Waals surface area contributed by atoms with Crippen LogP contribution in [-0.2, 0) is 9.53 Å². The van der Waals surface area contributed by atoms with Crippen molar-refractivity contribution in [1.29, 1.82) is 0 Å². The fourth-order valence-corrected chi connectivity index (χ4v) is 2.30. The molecule has 1 saturated carbocycles. The van der Waals surface area contributed by atoms with Gasteiger partial charge < -0.3 is 9.64 Å². The van der Waals surface area contributed by atoms with Gasteiger partial charge in [-0.05, 0) is 19.4 Å². The van der Waals surface area contributed by atoms with Gasteiger partial charge in [0.2, 0.25) is 0 Å². The molecule has 0 spiro atoms. The molecule has 4 nitrogen and oxygen atoms in total. The molecule has 2 radical (unpaired) electrons. The largest absolute Gasteiger partial charge is 0.465 e. The molecule has 0 aliphatic heterocycles. The normalized spacial score (nSPS) is 19.6. The molecule has 1 fully saturated rings. The molecule has 1 aromatic rings. The summed E-state index contributed by atoms with van der Waals surface area (Å²) in [7, 11) is 6.90. The van der Waals surface area contributed by atoms with E-state index in [0.29, 0.717) is 0 Å². The summed E-state index contributed by atoms with van der Waals surface area (Å²) in [5, 5.41) is 0. The third-order valence-corrected chi connectivity index (χ3v) is 3.54. The van der Waals surface area contributed by atoms with Crippen molar-refractivity contribution in [3.8, 4) is 0 Å². The Kier molecular flexibility index (Phi) is 4.83. The Balaban J connectivity index is 2.26. The van der Waals surface area contributed by atoms with E-state index in [0.717, 1.165) is 4.90 Å². The molecule has 22 heavy (non-hydrogen) atoms.